The first-order valence-corrected chi connectivity index (χ1v) is 8.29. The van der Waals surface area contributed by atoms with Crippen molar-refractivity contribution in [3.05, 3.63) is 35.9 Å². The Balaban J connectivity index is 1.82. The predicted molar refractivity (Wildman–Crippen MR) is 86.2 cm³/mol. The summed E-state index contributed by atoms with van der Waals surface area (Å²) in [6.45, 7) is 7.96. The van der Waals surface area contributed by atoms with Gasteiger partial charge in [-0.05, 0) is 55.6 Å². The molecule has 0 N–H and O–H groups in total. The Kier molecular flexibility index (Phi) is 3.59. The van der Waals surface area contributed by atoms with E-state index in [0.29, 0.717) is 5.41 Å². The summed E-state index contributed by atoms with van der Waals surface area (Å²) >= 11 is 0. The van der Waals surface area contributed by atoms with Gasteiger partial charge in [-0.15, -0.1) is 0 Å². The number of hydrogen-bond donors (Lipinski definition) is 0. The van der Waals surface area contributed by atoms with Crippen molar-refractivity contribution in [1.82, 2.24) is 4.90 Å². The van der Waals surface area contributed by atoms with Crippen LogP contribution in [0.25, 0.3) is 0 Å². The number of carbonyl (C=O) groups excluding carboxylic acids is 1. The van der Waals surface area contributed by atoms with E-state index in [0.717, 1.165) is 24.4 Å². The molecule has 1 aromatic carbocycles. The zero-order valence-electron chi connectivity index (χ0n) is 13.6. The molecule has 1 saturated heterocycles. The fourth-order valence-corrected chi connectivity index (χ4v) is 4.04. The third kappa shape index (κ3) is 2.61. The maximum absolute atomic E-state index is 12.9. The number of hydrogen-bond acceptors (Lipinski definition) is 1. The van der Waals surface area contributed by atoms with Crippen LogP contribution in [-0.2, 0) is 0 Å². The Labute approximate surface area is 128 Å². The number of likely N-dealkylation sites (tertiary alicyclic amines) is 1. The Morgan fingerprint density at radius 2 is 1.86 bits per heavy atom. The van der Waals surface area contributed by atoms with Crippen LogP contribution in [0.3, 0.4) is 0 Å². The highest BCUT2D eigenvalue weighted by Gasteiger charge is 2.50. The van der Waals surface area contributed by atoms with E-state index in [4.69, 9.17) is 0 Å². The molecule has 1 amide bonds. The van der Waals surface area contributed by atoms with Crippen LogP contribution in [0.1, 0.15) is 63.2 Å². The predicted octanol–water partition coefficient (Wildman–Crippen LogP) is 4.51. The SMILES string of the molecule is CC(C)(C)[C@@H]1CCN(C(=O)c2ccccc2)C2(CCC2)C1. The number of nitrogens with zero attached hydrogens (tertiary/aromatic N) is 1. The molecule has 21 heavy (non-hydrogen) atoms. The fraction of sp³-hybridized carbons (Fsp3) is 0.632. The van der Waals surface area contributed by atoms with Crippen LogP contribution in [0, 0.1) is 11.3 Å². The van der Waals surface area contributed by atoms with Gasteiger partial charge in [0.05, 0.1) is 0 Å². The van der Waals surface area contributed by atoms with E-state index in [2.05, 4.69) is 25.7 Å². The summed E-state index contributed by atoms with van der Waals surface area (Å²) in [4.78, 5) is 15.1. The van der Waals surface area contributed by atoms with Crippen molar-refractivity contribution in [1.29, 1.82) is 0 Å². The molecule has 0 unspecified atom stereocenters. The minimum atomic E-state index is 0.156. The van der Waals surface area contributed by atoms with E-state index in [1.54, 1.807) is 0 Å². The van der Waals surface area contributed by atoms with Crippen molar-refractivity contribution in [2.45, 2.75) is 58.4 Å². The molecule has 2 heteroatoms. The van der Waals surface area contributed by atoms with Crippen molar-refractivity contribution in [2.24, 2.45) is 11.3 Å². The number of amides is 1. The smallest absolute Gasteiger partial charge is 0.254 e. The normalized spacial score (nSPS) is 24.7. The van der Waals surface area contributed by atoms with Crippen molar-refractivity contribution in [3.63, 3.8) is 0 Å². The third-order valence-electron chi connectivity index (χ3n) is 5.68. The van der Waals surface area contributed by atoms with Gasteiger partial charge in [-0.3, -0.25) is 4.79 Å². The van der Waals surface area contributed by atoms with E-state index >= 15 is 0 Å². The first kappa shape index (κ1) is 14.6. The largest absolute Gasteiger partial charge is 0.333 e. The maximum Gasteiger partial charge on any atom is 0.254 e. The third-order valence-corrected chi connectivity index (χ3v) is 5.68. The van der Waals surface area contributed by atoms with Gasteiger partial charge in [0.15, 0.2) is 0 Å². The minimum absolute atomic E-state index is 0.156. The van der Waals surface area contributed by atoms with Crippen LogP contribution in [0.15, 0.2) is 30.3 Å². The second-order valence-corrected chi connectivity index (χ2v) is 7.96. The van der Waals surface area contributed by atoms with Gasteiger partial charge in [-0.1, -0.05) is 39.0 Å². The standard InChI is InChI=1S/C19H27NO/c1-18(2,3)16-10-13-20(19(14-16)11-7-12-19)17(21)15-8-5-4-6-9-15/h4-6,8-9,16H,7,10-14H2,1-3H3/t16-/m1/s1. The van der Waals surface area contributed by atoms with Gasteiger partial charge in [0.25, 0.3) is 5.91 Å². The summed E-state index contributed by atoms with van der Waals surface area (Å²) in [5.41, 5.74) is 1.35. The maximum atomic E-state index is 12.9. The summed E-state index contributed by atoms with van der Waals surface area (Å²) in [6, 6.07) is 9.79. The average Bonchev–Trinajstić information content (AvgIpc) is 2.44. The Bertz CT molecular complexity index is 510. The van der Waals surface area contributed by atoms with E-state index in [-0.39, 0.29) is 11.4 Å². The molecule has 1 aromatic rings. The minimum Gasteiger partial charge on any atom is -0.333 e. The molecule has 0 radical (unpaired) electrons. The van der Waals surface area contributed by atoms with Gasteiger partial charge in [-0.2, -0.15) is 0 Å². The number of rotatable bonds is 1. The topological polar surface area (TPSA) is 20.3 Å². The molecule has 1 aliphatic carbocycles. The van der Waals surface area contributed by atoms with Gasteiger partial charge < -0.3 is 4.90 Å². The van der Waals surface area contributed by atoms with E-state index in [1.807, 2.05) is 30.3 Å². The average molecular weight is 285 g/mol. The number of benzene rings is 1. The second kappa shape index (κ2) is 5.15. The highest BCUT2D eigenvalue weighted by atomic mass is 16.2. The number of piperidine rings is 1. The Morgan fingerprint density at radius 1 is 1.19 bits per heavy atom. The number of carbonyl (C=O) groups is 1. The van der Waals surface area contributed by atoms with Crippen LogP contribution in [0.2, 0.25) is 0 Å². The first-order chi connectivity index (χ1) is 9.92. The van der Waals surface area contributed by atoms with E-state index in [9.17, 15) is 4.79 Å². The summed E-state index contributed by atoms with van der Waals surface area (Å²) in [5.74, 6) is 0.972. The summed E-state index contributed by atoms with van der Waals surface area (Å²) in [7, 11) is 0. The van der Waals surface area contributed by atoms with Crippen molar-refractivity contribution < 1.29 is 4.79 Å². The molecule has 0 aromatic heterocycles. The van der Waals surface area contributed by atoms with E-state index in [1.165, 1.54) is 25.7 Å². The molecule has 1 spiro atoms. The fourth-order valence-electron chi connectivity index (χ4n) is 4.04. The van der Waals surface area contributed by atoms with Gasteiger partial charge in [0.2, 0.25) is 0 Å². The summed E-state index contributed by atoms with van der Waals surface area (Å²) < 4.78 is 0. The van der Waals surface area contributed by atoms with Crippen molar-refractivity contribution in [2.75, 3.05) is 6.54 Å². The van der Waals surface area contributed by atoms with Crippen LogP contribution < -0.4 is 0 Å². The van der Waals surface area contributed by atoms with Gasteiger partial charge in [0, 0.05) is 17.6 Å². The highest BCUT2D eigenvalue weighted by molar-refractivity contribution is 5.94. The quantitative estimate of drug-likeness (QED) is 0.743. The molecule has 0 bridgehead atoms. The molecule has 1 aliphatic heterocycles. The first-order valence-electron chi connectivity index (χ1n) is 8.29. The molecule has 2 fully saturated rings. The van der Waals surface area contributed by atoms with Crippen LogP contribution in [-0.4, -0.2) is 22.9 Å². The van der Waals surface area contributed by atoms with Gasteiger partial charge >= 0.3 is 0 Å². The molecule has 2 nitrogen and oxygen atoms in total. The summed E-state index contributed by atoms with van der Waals surface area (Å²) in [5, 5.41) is 0. The molecule has 1 atom stereocenters. The monoisotopic (exact) mass is 285 g/mol. The lowest BCUT2D eigenvalue weighted by Gasteiger charge is -2.57. The molecular weight excluding hydrogens is 258 g/mol. The van der Waals surface area contributed by atoms with Crippen molar-refractivity contribution in [3.8, 4) is 0 Å². The molecular formula is C19H27NO. The Morgan fingerprint density at radius 3 is 2.38 bits per heavy atom. The van der Waals surface area contributed by atoms with Crippen LogP contribution in [0.5, 0.6) is 0 Å². The second-order valence-electron chi connectivity index (χ2n) is 7.96. The summed E-state index contributed by atoms with van der Waals surface area (Å²) in [6.07, 6.45) is 5.99. The zero-order valence-corrected chi connectivity index (χ0v) is 13.6. The molecule has 1 heterocycles. The molecule has 2 aliphatic rings. The Hall–Kier alpha value is -1.31. The van der Waals surface area contributed by atoms with Gasteiger partial charge in [-0.25, -0.2) is 0 Å². The lowest BCUT2D eigenvalue weighted by molar-refractivity contribution is -0.0420. The highest BCUT2D eigenvalue weighted by Crippen LogP contribution is 2.50. The molecule has 114 valence electrons. The van der Waals surface area contributed by atoms with Crippen LogP contribution in [0.4, 0.5) is 0 Å². The zero-order chi connectivity index (χ0) is 15.1. The lowest BCUT2D eigenvalue weighted by Crippen LogP contribution is -2.61. The molecule has 1 saturated carbocycles. The molecule has 3 rings (SSSR count). The van der Waals surface area contributed by atoms with Gasteiger partial charge in [0.1, 0.15) is 0 Å². The van der Waals surface area contributed by atoms with E-state index < -0.39 is 0 Å². The van der Waals surface area contributed by atoms with Crippen molar-refractivity contribution >= 4 is 5.91 Å². The van der Waals surface area contributed by atoms with Crippen LogP contribution >= 0.6 is 0 Å². The lowest BCUT2D eigenvalue weighted by atomic mass is 9.62.